The first kappa shape index (κ1) is 16.7. The monoisotopic (exact) mass is 312 g/mol. The van der Waals surface area contributed by atoms with Crippen LogP contribution in [0.5, 0.6) is 0 Å². The number of benzene rings is 2. The van der Waals surface area contributed by atoms with Crippen LogP contribution in [0.25, 0.3) is 0 Å². The van der Waals surface area contributed by atoms with Gasteiger partial charge in [-0.3, -0.25) is 4.79 Å². The minimum atomic E-state index is -1.30. The maximum atomic E-state index is 12.2. The first-order valence-corrected chi connectivity index (χ1v) is 7.48. The Morgan fingerprint density at radius 1 is 0.913 bits per heavy atom. The molecule has 2 rings (SSSR count). The fraction of sp³-hybridized carbons (Fsp3) is 0.222. The van der Waals surface area contributed by atoms with E-state index in [0.29, 0.717) is 6.42 Å². The molecule has 2 aromatic rings. The van der Waals surface area contributed by atoms with Crippen LogP contribution in [-0.4, -0.2) is 24.0 Å². The second-order valence-corrected chi connectivity index (χ2v) is 5.46. The van der Waals surface area contributed by atoms with Crippen molar-refractivity contribution in [3.63, 3.8) is 0 Å². The molecule has 0 saturated heterocycles. The van der Waals surface area contributed by atoms with Crippen molar-refractivity contribution in [3.05, 3.63) is 71.8 Å². The average Bonchev–Trinajstić information content (AvgIpc) is 2.56. The summed E-state index contributed by atoms with van der Waals surface area (Å²) in [5.74, 6) is -1.69. The highest BCUT2D eigenvalue weighted by atomic mass is 16.4. The van der Waals surface area contributed by atoms with Gasteiger partial charge in [0, 0.05) is 6.42 Å². The van der Waals surface area contributed by atoms with E-state index in [1.54, 1.807) is 0 Å². The van der Waals surface area contributed by atoms with Gasteiger partial charge in [-0.25, -0.2) is 0 Å². The van der Waals surface area contributed by atoms with Gasteiger partial charge in [0.15, 0.2) is 6.04 Å². The van der Waals surface area contributed by atoms with Crippen molar-refractivity contribution in [1.29, 1.82) is 0 Å². The number of carboxylic acids is 1. The van der Waals surface area contributed by atoms with Crippen molar-refractivity contribution in [1.82, 2.24) is 5.32 Å². The van der Waals surface area contributed by atoms with Crippen LogP contribution in [0.3, 0.4) is 0 Å². The first-order chi connectivity index (χ1) is 11.1. The third kappa shape index (κ3) is 5.23. The number of hydrogen-bond donors (Lipinski definition) is 2. The Balaban J connectivity index is 1.96. The summed E-state index contributed by atoms with van der Waals surface area (Å²) >= 11 is 0. The van der Waals surface area contributed by atoms with E-state index in [-0.39, 0.29) is 12.3 Å². The second-order valence-electron chi connectivity index (χ2n) is 5.46. The molecular weight excluding hydrogens is 292 g/mol. The molecule has 0 radical (unpaired) electrons. The fourth-order valence-electron chi connectivity index (χ4n) is 2.32. The largest absolute Gasteiger partial charge is 0.548 e. The van der Waals surface area contributed by atoms with Crippen LogP contribution >= 0.6 is 0 Å². The van der Waals surface area contributed by atoms with Gasteiger partial charge in [0.05, 0.1) is 12.0 Å². The Morgan fingerprint density at radius 3 is 1.87 bits per heavy atom. The standard InChI is InChI=1S/C18H20N2O3/c19-15(11-13-7-3-1-4-8-13)17(21)20-16(18(22)23)12-14-9-5-2-6-10-14/h1-10,15-16H,11-12,19H2,(H,20,21)(H,22,23)/t15-,16-/m1/s1. The predicted molar refractivity (Wildman–Crippen MR) is 83.9 cm³/mol. The molecule has 0 aliphatic rings. The summed E-state index contributed by atoms with van der Waals surface area (Å²) in [5.41, 5.74) is 5.63. The van der Waals surface area contributed by atoms with Crippen LogP contribution < -0.4 is 16.2 Å². The number of rotatable bonds is 7. The maximum absolute atomic E-state index is 12.2. The third-order valence-corrected chi connectivity index (χ3v) is 3.58. The molecule has 0 fully saturated rings. The number of carbonyl (C=O) groups excluding carboxylic acids is 2. The molecule has 5 nitrogen and oxygen atoms in total. The molecular formula is C18H20N2O3. The fourth-order valence-corrected chi connectivity index (χ4v) is 2.32. The van der Waals surface area contributed by atoms with E-state index < -0.39 is 18.1 Å². The topological polar surface area (TPSA) is 96.9 Å². The van der Waals surface area contributed by atoms with Crippen molar-refractivity contribution in [2.24, 2.45) is 0 Å². The highest BCUT2D eigenvalue weighted by molar-refractivity contribution is 5.85. The van der Waals surface area contributed by atoms with E-state index in [9.17, 15) is 14.7 Å². The Kier molecular flexibility index (Phi) is 5.88. The van der Waals surface area contributed by atoms with E-state index in [4.69, 9.17) is 0 Å². The molecule has 0 aliphatic heterocycles. The van der Waals surface area contributed by atoms with E-state index in [1.165, 1.54) is 0 Å². The van der Waals surface area contributed by atoms with Crippen LogP contribution in [0.15, 0.2) is 60.7 Å². The lowest BCUT2D eigenvalue weighted by Crippen LogP contribution is -2.70. The molecule has 1 amide bonds. The van der Waals surface area contributed by atoms with Gasteiger partial charge in [0.2, 0.25) is 0 Å². The van der Waals surface area contributed by atoms with Gasteiger partial charge < -0.3 is 21.0 Å². The maximum Gasteiger partial charge on any atom is 0.279 e. The zero-order valence-electron chi connectivity index (χ0n) is 12.8. The number of quaternary nitrogens is 1. The summed E-state index contributed by atoms with van der Waals surface area (Å²) < 4.78 is 0. The minimum absolute atomic E-state index is 0.187. The molecule has 0 saturated carbocycles. The highest BCUT2D eigenvalue weighted by Crippen LogP contribution is 2.04. The molecule has 4 N–H and O–H groups in total. The lowest BCUT2D eigenvalue weighted by Gasteiger charge is -2.21. The van der Waals surface area contributed by atoms with E-state index >= 15 is 0 Å². The Morgan fingerprint density at radius 2 is 1.39 bits per heavy atom. The third-order valence-electron chi connectivity index (χ3n) is 3.58. The summed E-state index contributed by atoms with van der Waals surface area (Å²) in [7, 11) is 0. The number of carboxylic acid groups (broad SMARTS) is 1. The number of aliphatic carboxylic acids is 1. The molecule has 0 aliphatic carbocycles. The average molecular weight is 312 g/mol. The number of carbonyl (C=O) groups is 2. The summed E-state index contributed by atoms with van der Waals surface area (Å²) in [6.07, 6.45) is 0.644. The molecule has 0 unspecified atom stereocenters. The predicted octanol–water partition coefficient (Wildman–Crippen LogP) is -0.683. The zero-order chi connectivity index (χ0) is 16.7. The molecule has 0 aromatic heterocycles. The summed E-state index contributed by atoms with van der Waals surface area (Å²) in [4.78, 5) is 23.5. The van der Waals surface area contributed by atoms with Crippen molar-refractivity contribution >= 4 is 11.9 Å². The van der Waals surface area contributed by atoms with Gasteiger partial charge in [-0.1, -0.05) is 60.7 Å². The van der Waals surface area contributed by atoms with Crippen molar-refractivity contribution < 1.29 is 20.4 Å². The SMILES string of the molecule is [NH3+][C@H](Cc1ccccc1)C(=O)N[C@H](Cc1ccccc1)C(=O)[O-]. The Hall–Kier alpha value is -2.66. The van der Waals surface area contributed by atoms with Gasteiger partial charge in [-0.2, -0.15) is 0 Å². The van der Waals surface area contributed by atoms with Crippen molar-refractivity contribution in [2.45, 2.75) is 24.9 Å². The lowest BCUT2D eigenvalue weighted by molar-refractivity contribution is -0.403. The van der Waals surface area contributed by atoms with E-state index in [1.807, 2.05) is 60.7 Å². The zero-order valence-corrected chi connectivity index (χ0v) is 12.8. The summed E-state index contributed by atoms with van der Waals surface area (Å²) in [6, 6.07) is 17.0. The minimum Gasteiger partial charge on any atom is -0.548 e. The molecule has 0 heterocycles. The summed E-state index contributed by atoms with van der Waals surface area (Å²) in [5, 5.41) is 13.8. The molecule has 23 heavy (non-hydrogen) atoms. The van der Waals surface area contributed by atoms with Gasteiger partial charge in [-0.15, -0.1) is 0 Å². The molecule has 0 bridgehead atoms. The normalized spacial score (nSPS) is 13.1. The van der Waals surface area contributed by atoms with E-state index in [0.717, 1.165) is 11.1 Å². The number of nitrogens with one attached hydrogen (secondary N) is 1. The molecule has 0 spiro atoms. The van der Waals surface area contributed by atoms with Crippen LogP contribution in [0, 0.1) is 0 Å². The van der Waals surface area contributed by atoms with Gasteiger partial charge in [0.1, 0.15) is 0 Å². The Bertz CT molecular complexity index is 644. The molecule has 120 valence electrons. The summed E-state index contributed by atoms with van der Waals surface area (Å²) in [6.45, 7) is 0. The number of amides is 1. The van der Waals surface area contributed by atoms with Gasteiger partial charge in [-0.05, 0) is 17.5 Å². The van der Waals surface area contributed by atoms with Crippen LogP contribution in [-0.2, 0) is 22.4 Å². The smallest absolute Gasteiger partial charge is 0.279 e. The van der Waals surface area contributed by atoms with Gasteiger partial charge >= 0.3 is 0 Å². The number of hydrogen-bond acceptors (Lipinski definition) is 3. The first-order valence-electron chi connectivity index (χ1n) is 7.48. The van der Waals surface area contributed by atoms with Crippen LogP contribution in [0.1, 0.15) is 11.1 Å². The van der Waals surface area contributed by atoms with Crippen molar-refractivity contribution in [2.75, 3.05) is 0 Å². The van der Waals surface area contributed by atoms with E-state index in [2.05, 4.69) is 11.1 Å². The quantitative estimate of drug-likeness (QED) is 0.708. The van der Waals surface area contributed by atoms with Crippen molar-refractivity contribution in [3.8, 4) is 0 Å². The van der Waals surface area contributed by atoms with Crippen LogP contribution in [0.2, 0.25) is 0 Å². The highest BCUT2D eigenvalue weighted by Gasteiger charge is 2.22. The molecule has 2 atom stereocenters. The Labute approximate surface area is 135 Å². The molecule has 5 heteroatoms. The molecule has 2 aromatic carbocycles. The van der Waals surface area contributed by atoms with Gasteiger partial charge in [0.25, 0.3) is 5.91 Å². The lowest BCUT2D eigenvalue weighted by atomic mass is 10.0. The van der Waals surface area contributed by atoms with Crippen LogP contribution in [0.4, 0.5) is 0 Å². The second kappa shape index (κ2) is 8.10.